The van der Waals surface area contributed by atoms with Gasteiger partial charge in [-0.3, -0.25) is 9.59 Å². The van der Waals surface area contributed by atoms with Crippen molar-refractivity contribution in [3.05, 3.63) is 29.8 Å². The predicted molar refractivity (Wildman–Crippen MR) is 97.5 cm³/mol. The van der Waals surface area contributed by atoms with Crippen LogP contribution in [-0.2, 0) is 19.2 Å². The molecule has 2 heterocycles. The molecule has 1 aromatic carbocycles. The molecule has 1 fully saturated rings. The summed E-state index contributed by atoms with van der Waals surface area (Å²) in [5.41, 5.74) is 1.34. The van der Waals surface area contributed by atoms with Gasteiger partial charge in [0.25, 0.3) is 5.91 Å². The third-order valence-electron chi connectivity index (χ3n) is 4.71. The van der Waals surface area contributed by atoms with Crippen molar-refractivity contribution in [2.75, 3.05) is 18.1 Å². The molecule has 5 unspecified atom stereocenters. The number of oxime groups is 1. The summed E-state index contributed by atoms with van der Waals surface area (Å²) in [5, 5.41) is 36.0. The lowest BCUT2D eigenvalue weighted by molar-refractivity contribution is -0.270. The minimum Gasteiger partial charge on any atom is -0.394 e. The number of para-hydroxylation sites is 1. The van der Waals surface area contributed by atoms with Crippen LogP contribution in [-0.4, -0.2) is 76.6 Å². The van der Waals surface area contributed by atoms with Crippen LogP contribution in [0.3, 0.4) is 0 Å². The first-order valence-corrected chi connectivity index (χ1v) is 8.93. The lowest BCUT2D eigenvalue weighted by atomic mass is 9.97. The average Bonchev–Trinajstić information content (AvgIpc) is 2.95. The van der Waals surface area contributed by atoms with E-state index in [2.05, 4.69) is 10.5 Å². The Morgan fingerprint density at radius 1 is 1.32 bits per heavy atom. The fourth-order valence-electron chi connectivity index (χ4n) is 3.33. The van der Waals surface area contributed by atoms with Crippen molar-refractivity contribution >= 4 is 23.2 Å². The zero-order valence-corrected chi connectivity index (χ0v) is 15.5. The van der Waals surface area contributed by atoms with E-state index >= 15 is 0 Å². The van der Waals surface area contributed by atoms with Gasteiger partial charge in [-0.25, -0.2) is 0 Å². The molecule has 10 nitrogen and oxygen atoms in total. The summed E-state index contributed by atoms with van der Waals surface area (Å²) in [6.07, 6.45) is -5.34. The second-order valence-electron chi connectivity index (χ2n) is 6.54. The number of rotatable bonds is 5. The van der Waals surface area contributed by atoms with E-state index in [1.54, 1.807) is 29.2 Å². The third kappa shape index (κ3) is 3.59. The first-order chi connectivity index (χ1) is 13.4. The molecule has 0 spiro atoms. The Labute approximate surface area is 161 Å². The quantitative estimate of drug-likeness (QED) is 0.457. The zero-order chi connectivity index (χ0) is 20.4. The number of aliphatic hydroxyl groups is 3. The van der Waals surface area contributed by atoms with Gasteiger partial charge in [-0.2, -0.15) is 0 Å². The molecule has 1 saturated heterocycles. The first-order valence-electron chi connectivity index (χ1n) is 8.93. The molecule has 2 amide bonds. The van der Waals surface area contributed by atoms with Gasteiger partial charge in [-0.05, 0) is 13.0 Å². The molecule has 3 rings (SSSR count). The maximum atomic E-state index is 12.6. The van der Waals surface area contributed by atoms with Crippen LogP contribution in [0.4, 0.5) is 5.69 Å². The molecule has 152 valence electrons. The van der Waals surface area contributed by atoms with Crippen molar-refractivity contribution in [3.8, 4) is 0 Å². The highest BCUT2D eigenvalue weighted by Gasteiger charge is 2.46. The molecule has 2 aliphatic rings. The van der Waals surface area contributed by atoms with Gasteiger partial charge in [0.15, 0.2) is 5.71 Å². The topological polar surface area (TPSA) is 141 Å². The number of hydrogen-bond donors (Lipinski definition) is 4. The van der Waals surface area contributed by atoms with Crippen molar-refractivity contribution < 1.29 is 34.5 Å². The molecule has 5 atom stereocenters. The lowest BCUT2D eigenvalue weighted by Gasteiger charge is -2.40. The number of benzene rings is 1. The number of anilines is 1. The summed E-state index contributed by atoms with van der Waals surface area (Å²) in [4.78, 5) is 31.0. The minimum absolute atomic E-state index is 0.0591. The molecule has 10 heteroatoms. The van der Waals surface area contributed by atoms with Crippen molar-refractivity contribution in [2.45, 2.75) is 44.5 Å². The first kappa shape index (κ1) is 20.2. The second-order valence-corrected chi connectivity index (χ2v) is 6.54. The van der Waals surface area contributed by atoms with E-state index in [0.29, 0.717) is 17.8 Å². The summed E-state index contributed by atoms with van der Waals surface area (Å²) in [6.45, 7) is 2.93. The molecule has 0 bridgehead atoms. The van der Waals surface area contributed by atoms with Gasteiger partial charge < -0.3 is 35.1 Å². The Morgan fingerprint density at radius 2 is 2.04 bits per heavy atom. The minimum atomic E-state index is -1.46. The molecule has 0 saturated carbocycles. The van der Waals surface area contributed by atoms with Gasteiger partial charge in [0.05, 0.1) is 12.3 Å². The number of carbonyl (C=O) groups excluding carboxylic acids is 2. The summed E-state index contributed by atoms with van der Waals surface area (Å²) in [6, 6.07) is 5.94. The molecular formula is C18H23N3O7. The second kappa shape index (κ2) is 8.23. The molecule has 2 aliphatic heterocycles. The summed E-state index contributed by atoms with van der Waals surface area (Å²) in [5.74, 6) is -0.835. The highest BCUT2D eigenvalue weighted by Crippen LogP contribution is 2.29. The van der Waals surface area contributed by atoms with E-state index in [4.69, 9.17) is 9.57 Å². The van der Waals surface area contributed by atoms with Gasteiger partial charge in [-0.1, -0.05) is 23.4 Å². The number of nitrogens with zero attached hydrogens (tertiary/aromatic N) is 2. The standard InChI is InChI=1S/C18H23N3O7/c1-3-21-11-7-5-4-6-10(11)13(17(21)26)20-28-18-14(19-9(2)23)16(25)15(24)12(8-22)27-18/h4-7,12,14-16,18,22,24-25H,3,8H2,1-2H3,(H,19,23)/b20-13-. The van der Waals surface area contributed by atoms with Crippen LogP contribution in [0.5, 0.6) is 0 Å². The Hall–Kier alpha value is -2.53. The molecule has 28 heavy (non-hydrogen) atoms. The molecule has 0 aliphatic carbocycles. The van der Waals surface area contributed by atoms with Gasteiger partial charge >= 0.3 is 0 Å². The van der Waals surface area contributed by atoms with Gasteiger partial charge in [0.2, 0.25) is 12.2 Å². The van der Waals surface area contributed by atoms with Crippen LogP contribution in [0.25, 0.3) is 0 Å². The number of fused-ring (bicyclic) bond motifs is 1. The Balaban J connectivity index is 1.88. The van der Waals surface area contributed by atoms with Crippen molar-refractivity contribution in [1.29, 1.82) is 0 Å². The van der Waals surface area contributed by atoms with E-state index in [9.17, 15) is 24.9 Å². The largest absolute Gasteiger partial charge is 0.394 e. The molecule has 1 aromatic rings. The normalized spacial score (nSPS) is 31.0. The highest BCUT2D eigenvalue weighted by atomic mass is 16.8. The molecule has 0 aromatic heterocycles. The van der Waals surface area contributed by atoms with Crippen LogP contribution in [0.15, 0.2) is 29.4 Å². The van der Waals surface area contributed by atoms with Gasteiger partial charge in [0.1, 0.15) is 24.4 Å². The smallest absolute Gasteiger partial charge is 0.281 e. The van der Waals surface area contributed by atoms with Gasteiger partial charge in [-0.15, -0.1) is 0 Å². The fraction of sp³-hybridized carbons (Fsp3) is 0.500. The van der Waals surface area contributed by atoms with E-state index in [-0.39, 0.29) is 11.6 Å². The Morgan fingerprint density at radius 3 is 2.68 bits per heavy atom. The Bertz CT molecular complexity index is 784. The van der Waals surface area contributed by atoms with Gasteiger partial charge in [0, 0.05) is 19.0 Å². The number of hydrogen-bond acceptors (Lipinski definition) is 8. The predicted octanol–water partition coefficient (Wildman–Crippen LogP) is -1.28. The SMILES string of the molecule is CCN1C(=O)/C(=N\OC2OC(CO)C(O)C(O)C2NC(C)=O)c2ccccc21. The van der Waals surface area contributed by atoms with E-state index in [0.717, 1.165) is 0 Å². The number of nitrogens with one attached hydrogen (secondary N) is 1. The molecule has 0 radical (unpaired) electrons. The number of ether oxygens (including phenoxy) is 1. The number of amides is 2. The lowest BCUT2D eigenvalue weighted by Crippen LogP contribution is -2.64. The Kier molecular flexibility index (Phi) is 5.94. The van der Waals surface area contributed by atoms with Crippen LogP contribution in [0.1, 0.15) is 19.4 Å². The number of likely N-dealkylation sites (N-methyl/N-ethyl adjacent to an activating group) is 1. The van der Waals surface area contributed by atoms with Crippen molar-refractivity contribution in [2.24, 2.45) is 5.16 Å². The summed E-state index contributed by atoms with van der Waals surface area (Å²) < 4.78 is 5.44. The van der Waals surface area contributed by atoms with Crippen molar-refractivity contribution in [3.63, 3.8) is 0 Å². The van der Waals surface area contributed by atoms with E-state index in [1.807, 2.05) is 6.92 Å². The average molecular weight is 393 g/mol. The van der Waals surface area contributed by atoms with Crippen LogP contribution in [0, 0.1) is 0 Å². The van der Waals surface area contributed by atoms with Crippen molar-refractivity contribution in [1.82, 2.24) is 5.32 Å². The monoisotopic (exact) mass is 393 g/mol. The zero-order valence-electron chi connectivity index (χ0n) is 15.5. The molecular weight excluding hydrogens is 370 g/mol. The van der Waals surface area contributed by atoms with Crippen LogP contribution >= 0.6 is 0 Å². The molecule has 4 N–H and O–H groups in total. The summed E-state index contributed by atoms with van der Waals surface area (Å²) >= 11 is 0. The third-order valence-corrected chi connectivity index (χ3v) is 4.71. The fourth-order valence-corrected chi connectivity index (χ4v) is 3.33. The maximum absolute atomic E-state index is 12.6. The summed E-state index contributed by atoms with van der Waals surface area (Å²) in [7, 11) is 0. The highest BCUT2D eigenvalue weighted by molar-refractivity contribution is 6.54. The number of aliphatic hydroxyl groups excluding tert-OH is 3. The van der Waals surface area contributed by atoms with E-state index in [1.165, 1.54) is 6.92 Å². The maximum Gasteiger partial charge on any atom is 0.281 e. The van der Waals surface area contributed by atoms with E-state index < -0.39 is 43.2 Å². The van der Waals surface area contributed by atoms with Crippen LogP contribution < -0.4 is 10.2 Å². The number of carbonyl (C=O) groups is 2. The van der Waals surface area contributed by atoms with Crippen LogP contribution in [0.2, 0.25) is 0 Å².